The summed E-state index contributed by atoms with van der Waals surface area (Å²) in [6.07, 6.45) is 2.80. The Hall–Kier alpha value is -1.32. The minimum absolute atomic E-state index is 0.211. The third-order valence-corrected chi connectivity index (χ3v) is 3.57. The number of rotatable bonds is 1. The Bertz CT molecular complexity index is 415. The molecule has 88 valence electrons. The standard InChI is InChI=1S/C12H18N2O2/c1-12(2,3)7-4-5-8-9(6-7)13-14-10(8)11(15)16/h7H,4-6H2,1-3H3,(H,13,14)(H,15,16). The second-order valence-electron chi connectivity index (χ2n) is 5.64. The average molecular weight is 222 g/mol. The lowest BCUT2D eigenvalue weighted by atomic mass is 9.72. The number of nitrogens with one attached hydrogen (secondary N) is 1. The zero-order chi connectivity index (χ0) is 11.9. The second-order valence-corrected chi connectivity index (χ2v) is 5.64. The van der Waals surface area contributed by atoms with Crippen molar-refractivity contribution in [2.75, 3.05) is 0 Å². The summed E-state index contributed by atoms with van der Waals surface area (Å²) in [5, 5.41) is 15.7. The minimum atomic E-state index is -0.924. The van der Waals surface area contributed by atoms with Crippen molar-refractivity contribution in [3.8, 4) is 0 Å². The predicted molar refractivity (Wildman–Crippen MR) is 60.5 cm³/mol. The molecule has 1 atom stereocenters. The fraction of sp³-hybridized carbons (Fsp3) is 0.667. The first-order valence-corrected chi connectivity index (χ1v) is 5.69. The van der Waals surface area contributed by atoms with Gasteiger partial charge >= 0.3 is 5.97 Å². The predicted octanol–water partition coefficient (Wildman–Crippen LogP) is 2.26. The van der Waals surface area contributed by atoms with Crippen LogP contribution in [0.25, 0.3) is 0 Å². The summed E-state index contributed by atoms with van der Waals surface area (Å²) >= 11 is 0. The Morgan fingerprint density at radius 1 is 1.50 bits per heavy atom. The van der Waals surface area contributed by atoms with Crippen molar-refractivity contribution >= 4 is 5.97 Å². The van der Waals surface area contributed by atoms with E-state index < -0.39 is 5.97 Å². The molecule has 1 aliphatic carbocycles. The van der Waals surface area contributed by atoms with Gasteiger partial charge in [-0.3, -0.25) is 5.10 Å². The summed E-state index contributed by atoms with van der Waals surface area (Å²) in [5.41, 5.74) is 2.41. The van der Waals surface area contributed by atoms with E-state index in [9.17, 15) is 4.79 Å². The van der Waals surface area contributed by atoms with E-state index in [0.29, 0.717) is 5.92 Å². The van der Waals surface area contributed by atoms with Gasteiger partial charge in [-0.1, -0.05) is 20.8 Å². The zero-order valence-electron chi connectivity index (χ0n) is 10.0. The lowest BCUT2D eigenvalue weighted by Crippen LogP contribution is -2.27. The van der Waals surface area contributed by atoms with E-state index in [1.165, 1.54) is 0 Å². The van der Waals surface area contributed by atoms with Gasteiger partial charge in [-0.05, 0) is 30.6 Å². The van der Waals surface area contributed by atoms with E-state index in [1.54, 1.807) is 0 Å². The number of carbonyl (C=O) groups is 1. The lowest BCUT2D eigenvalue weighted by molar-refractivity contribution is 0.0689. The normalized spacial score (nSPS) is 20.6. The second kappa shape index (κ2) is 3.61. The van der Waals surface area contributed by atoms with Crippen LogP contribution in [-0.4, -0.2) is 21.3 Å². The van der Waals surface area contributed by atoms with Gasteiger partial charge in [-0.2, -0.15) is 5.10 Å². The van der Waals surface area contributed by atoms with Crippen molar-refractivity contribution in [1.29, 1.82) is 0 Å². The van der Waals surface area contributed by atoms with Crippen LogP contribution in [-0.2, 0) is 12.8 Å². The molecule has 0 saturated carbocycles. The highest BCUT2D eigenvalue weighted by atomic mass is 16.4. The molecular formula is C12H18N2O2. The molecule has 0 bridgehead atoms. The number of H-pyrrole nitrogens is 1. The fourth-order valence-electron chi connectivity index (χ4n) is 2.42. The summed E-state index contributed by atoms with van der Waals surface area (Å²) < 4.78 is 0. The molecule has 0 radical (unpaired) electrons. The average Bonchev–Trinajstić information content (AvgIpc) is 2.58. The van der Waals surface area contributed by atoms with Crippen LogP contribution in [0.3, 0.4) is 0 Å². The summed E-state index contributed by atoms with van der Waals surface area (Å²) in [7, 11) is 0. The Morgan fingerprint density at radius 3 is 2.75 bits per heavy atom. The molecule has 0 fully saturated rings. The Morgan fingerprint density at radius 2 is 2.19 bits per heavy atom. The fourth-order valence-corrected chi connectivity index (χ4v) is 2.42. The van der Waals surface area contributed by atoms with E-state index in [4.69, 9.17) is 5.11 Å². The summed E-state index contributed by atoms with van der Waals surface area (Å²) in [4.78, 5) is 10.9. The Kier molecular flexibility index (Phi) is 2.52. The molecule has 1 aliphatic rings. The van der Waals surface area contributed by atoms with E-state index in [2.05, 4.69) is 31.0 Å². The highest BCUT2D eigenvalue weighted by Gasteiger charge is 2.32. The lowest BCUT2D eigenvalue weighted by Gasteiger charge is -2.33. The van der Waals surface area contributed by atoms with Gasteiger partial charge in [0, 0.05) is 11.3 Å². The van der Waals surface area contributed by atoms with Crippen molar-refractivity contribution < 1.29 is 9.90 Å². The quantitative estimate of drug-likeness (QED) is 0.766. The molecule has 1 aromatic rings. The van der Waals surface area contributed by atoms with E-state index >= 15 is 0 Å². The number of aromatic carboxylic acids is 1. The van der Waals surface area contributed by atoms with Gasteiger partial charge in [-0.15, -0.1) is 0 Å². The van der Waals surface area contributed by atoms with Gasteiger partial charge in [0.05, 0.1) is 0 Å². The third-order valence-electron chi connectivity index (χ3n) is 3.57. The van der Waals surface area contributed by atoms with Crippen LogP contribution in [0.2, 0.25) is 0 Å². The molecule has 0 aromatic carbocycles. The van der Waals surface area contributed by atoms with Gasteiger partial charge in [0.25, 0.3) is 0 Å². The van der Waals surface area contributed by atoms with E-state index in [1.807, 2.05) is 0 Å². The Labute approximate surface area is 95.1 Å². The first-order valence-electron chi connectivity index (χ1n) is 5.69. The molecule has 2 N–H and O–H groups in total. The molecule has 2 rings (SSSR count). The van der Waals surface area contributed by atoms with Crippen molar-refractivity contribution in [2.24, 2.45) is 11.3 Å². The molecule has 0 amide bonds. The van der Waals surface area contributed by atoms with Crippen LogP contribution in [0.4, 0.5) is 0 Å². The Balaban J connectivity index is 2.27. The SMILES string of the molecule is CC(C)(C)C1CCc2c(C(=O)O)n[nH]c2C1. The number of hydrogen-bond acceptors (Lipinski definition) is 2. The van der Waals surface area contributed by atoms with Crippen LogP contribution in [0.5, 0.6) is 0 Å². The first-order chi connectivity index (χ1) is 7.39. The molecule has 1 heterocycles. The van der Waals surface area contributed by atoms with Crippen molar-refractivity contribution in [3.05, 3.63) is 17.0 Å². The molecule has 16 heavy (non-hydrogen) atoms. The highest BCUT2D eigenvalue weighted by molar-refractivity contribution is 5.87. The van der Waals surface area contributed by atoms with Gasteiger partial charge in [0.2, 0.25) is 0 Å². The first kappa shape index (κ1) is 11.2. The van der Waals surface area contributed by atoms with Gasteiger partial charge in [0.15, 0.2) is 5.69 Å². The van der Waals surface area contributed by atoms with Crippen molar-refractivity contribution in [1.82, 2.24) is 10.2 Å². The smallest absolute Gasteiger partial charge is 0.356 e. The minimum Gasteiger partial charge on any atom is -0.476 e. The van der Waals surface area contributed by atoms with Crippen LogP contribution in [0.1, 0.15) is 48.9 Å². The maximum absolute atomic E-state index is 10.9. The largest absolute Gasteiger partial charge is 0.476 e. The van der Waals surface area contributed by atoms with Crippen LogP contribution in [0.15, 0.2) is 0 Å². The molecule has 1 aromatic heterocycles. The number of hydrogen-bond donors (Lipinski definition) is 2. The molecule has 1 unspecified atom stereocenters. The molecular weight excluding hydrogens is 204 g/mol. The van der Waals surface area contributed by atoms with Crippen molar-refractivity contribution in [2.45, 2.75) is 40.0 Å². The summed E-state index contributed by atoms with van der Waals surface area (Å²) in [6.45, 7) is 6.70. The van der Waals surface area contributed by atoms with Crippen LogP contribution < -0.4 is 0 Å². The molecule has 0 aliphatic heterocycles. The highest BCUT2D eigenvalue weighted by Crippen LogP contribution is 2.37. The molecule has 4 heteroatoms. The van der Waals surface area contributed by atoms with Gasteiger partial charge < -0.3 is 5.11 Å². The number of carboxylic acid groups (broad SMARTS) is 1. The molecule has 0 spiro atoms. The maximum atomic E-state index is 10.9. The summed E-state index contributed by atoms with van der Waals surface area (Å²) in [6, 6.07) is 0. The van der Waals surface area contributed by atoms with E-state index in [-0.39, 0.29) is 11.1 Å². The van der Waals surface area contributed by atoms with E-state index in [0.717, 1.165) is 30.5 Å². The zero-order valence-corrected chi connectivity index (χ0v) is 10.0. The van der Waals surface area contributed by atoms with Crippen LogP contribution >= 0.6 is 0 Å². The van der Waals surface area contributed by atoms with Crippen LogP contribution in [0, 0.1) is 11.3 Å². The maximum Gasteiger partial charge on any atom is 0.356 e. The van der Waals surface area contributed by atoms with Gasteiger partial charge in [-0.25, -0.2) is 4.79 Å². The number of fused-ring (bicyclic) bond motifs is 1. The molecule has 0 saturated heterocycles. The topological polar surface area (TPSA) is 66.0 Å². The number of aromatic nitrogens is 2. The summed E-state index contributed by atoms with van der Waals surface area (Å²) in [5.74, 6) is -0.325. The van der Waals surface area contributed by atoms with Crippen molar-refractivity contribution in [3.63, 3.8) is 0 Å². The number of nitrogens with zero attached hydrogens (tertiary/aromatic N) is 1. The number of carboxylic acids is 1. The monoisotopic (exact) mass is 222 g/mol. The number of aromatic amines is 1. The third kappa shape index (κ3) is 1.84. The van der Waals surface area contributed by atoms with Gasteiger partial charge in [0.1, 0.15) is 0 Å². The molecule has 4 nitrogen and oxygen atoms in total.